The second-order valence-electron chi connectivity index (χ2n) is 28.4. The van der Waals surface area contributed by atoms with Crippen LogP contribution >= 0.6 is 17.0 Å². The van der Waals surface area contributed by atoms with Crippen molar-refractivity contribution in [2.75, 3.05) is 0 Å². The van der Waals surface area contributed by atoms with E-state index < -0.39 is 20.8 Å². The van der Waals surface area contributed by atoms with Crippen molar-refractivity contribution in [2.45, 2.75) is 181 Å². The molecule has 1 aliphatic heterocycles. The molecule has 2 N–H and O–H groups in total. The van der Waals surface area contributed by atoms with E-state index in [9.17, 15) is 10.2 Å². The van der Waals surface area contributed by atoms with Crippen LogP contribution in [0.4, 0.5) is 0 Å². The quantitative estimate of drug-likeness (QED) is 0.123. The van der Waals surface area contributed by atoms with Gasteiger partial charge in [0.05, 0.1) is 6.72 Å². The maximum absolute atomic E-state index is 13.0. The zero-order valence-electron chi connectivity index (χ0n) is 45.3. The molecule has 0 saturated heterocycles. The van der Waals surface area contributed by atoms with E-state index in [1.165, 1.54) is 99.3 Å². The van der Waals surface area contributed by atoms with Gasteiger partial charge in [-0.3, -0.25) is 0 Å². The van der Waals surface area contributed by atoms with E-state index in [4.69, 9.17) is 23.7 Å². The molecule has 4 aromatic rings. The molecule has 0 amide bonds. The van der Waals surface area contributed by atoms with Gasteiger partial charge in [0.1, 0.15) is 17.5 Å². The standard InChI is InChI=1S/C66H83NO2.2ClH.Zr/c1-61(2,3)39-63(7,8)47-29-53(59(68)55(31-47)65-33-41-23-42(34-65)25-43(24-41)35-65)49-17-12-14-19-51(49)57-21-16-22-58(67(57)11)52-20-15-13-18-50(52)54-30-48(64(9,10)40-62(4,5)6)32-56(60(54)69)66-36-44-26-45(37-66)28-46(27-44)38-66;;;/h12-22,29-32,41-46,68-69H,11,23-28,33-40H2,1-10H3;2*1H;/q;;;+2/p-2. The third-order valence-corrected chi connectivity index (χ3v) is 19.0. The molecule has 0 aromatic heterocycles. The molecule has 8 saturated carbocycles. The van der Waals surface area contributed by atoms with Crippen molar-refractivity contribution in [1.82, 2.24) is 0 Å². The molecule has 6 heteroatoms. The van der Waals surface area contributed by atoms with E-state index in [-0.39, 0.29) is 32.5 Å². The second kappa shape index (κ2) is 19.2. The van der Waals surface area contributed by atoms with Gasteiger partial charge in [0.25, 0.3) is 0 Å². The number of hydrogen-bond acceptors (Lipinski definition) is 2. The van der Waals surface area contributed by atoms with Crippen molar-refractivity contribution >= 4 is 29.4 Å². The normalized spacial score (nSPS) is 28.5. The van der Waals surface area contributed by atoms with Gasteiger partial charge in [0, 0.05) is 22.3 Å². The summed E-state index contributed by atoms with van der Waals surface area (Å²) in [4.78, 5) is 0. The topological polar surface area (TPSA) is 43.5 Å². The van der Waals surface area contributed by atoms with E-state index >= 15 is 0 Å². The third kappa shape index (κ3) is 9.97. The molecule has 3 nitrogen and oxygen atoms in total. The fourth-order valence-corrected chi connectivity index (χ4v) is 17.9. The summed E-state index contributed by atoms with van der Waals surface area (Å²) < 4.78 is 2.12. The van der Waals surface area contributed by atoms with Crippen LogP contribution in [0.1, 0.15) is 193 Å². The van der Waals surface area contributed by atoms with Crippen molar-refractivity contribution in [2.24, 2.45) is 46.3 Å². The van der Waals surface area contributed by atoms with Gasteiger partial charge in [0.2, 0.25) is 0 Å². The van der Waals surface area contributed by atoms with E-state index in [0.717, 1.165) is 93.5 Å². The Morgan fingerprint density at radius 2 is 0.917 bits per heavy atom. The SMILES string of the molecule is C=[N+]1C(c2ccccc2-c2cc(C(C)(C)CC(C)(C)C)cc(C34CC5CC(CC(C5)C3)C4)c2O)=CC=C[C-]1c1ccccc1-c1cc(C(C)(C)CC(C)(C)C)cc(C23CC4CC(CC(C4)C2)C3)c1O.[Cl][Zr][Cl]. The van der Waals surface area contributed by atoms with Gasteiger partial charge in [-0.25, -0.2) is 4.58 Å². The Morgan fingerprint density at radius 1 is 0.556 bits per heavy atom. The van der Waals surface area contributed by atoms with Gasteiger partial charge in [-0.2, -0.15) is 0 Å². The van der Waals surface area contributed by atoms with Crippen LogP contribution in [0.2, 0.25) is 0 Å². The van der Waals surface area contributed by atoms with Gasteiger partial charge in [-0.1, -0.05) is 135 Å². The molecule has 1 heterocycles. The van der Waals surface area contributed by atoms with Crippen LogP contribution in [0.15, 0.2) is 91.0 Å². The molecule has 4 aromatic carbocycles. The molecule has 8 bridgehead atoms. The number of aromatic hydroxyl groups is 2. The first-order chi connectivity index (χ1) is 33.9. The molecule has 382 valence electrons. The summed E-state index contributed by atoms with van der Waals surface area (Å²) >= 11 is -0.826. The van der Waals surface area contributed by atoms with Gasteiger partial charge in [-0.05, 0) is 204 Å². The zero-order chi connectivity index (χ0) is 51.3. The minimum absolute atomic E-state index is 0.0343. The van der Waals surface area contributed by atoms with Crippen LogP contribution in [-0.4, -0.2) is 21.5 Å². The van der Waals surface area contributed by atoms with E-state index in [1.54, 1.807) is 0 Å². The van der Waals surface area contributed by atoms with E-state index in [1.807, 2.05) is 0 Å². The first kappa shape index (κ1) is 52.4. The molecular weight excluding hydrogens is 1000 g/mol. The Balaban J connectivity index is 0.00000194. The van der Waals surface area contributed by atoms with Gasteiger partial charge in [0.15, 0.2) is 5.70 Å². The van der Waals surface area contributed by atoms with E-state index in [0.29, 0.717) is 11.5 Å². The maximum atomic E-state index is 13.0. The fourth-order valence-electron chi connectivity index (χ4n) is 17.9. The summed E-state index contributed by atoms with van der Waals surface area (Å²) in [5, 5.41) is 25.9. The predicted molar refractivity (Wildman–Crippen MR) is 300 cm³/mol. The van der Waals surface area contributed by atoms with Crippen LogP contribution in [0.25, 0.3) is 28.0 Å². The van der Waals surface area contributed by atoms with Crippen LogP contribution in [0.5, 0.6) is 11.5 Å². The van der Waals surface area contributed by atoms with Crippen LogP contribution in [0, 0.1) is 52.4 Å². The van der Waals surface area contributed by atoms with Gasteiger partial charge in [-0.15, -0.1) is 12.1 Å². The molecule has 0 radical (unpaired) electrons. The zero-order valence-corrected chi connectivity index (χ0v) is 49.3. The van der Waals surface area contributed by atoms with E-state index in [2.05, 4.69) is 165 Å². The Kier molecular flexibility index (Phi) is 14.0. The summed E-state index contributed by atoms with van der Waals surface area (Å²) in [7, 11) is 9.87. The number of nitrogens with zero attached hydrogens (tertiary/aromatic N) is 1. The third-order valence-electron chi connectivity index (χ3n) is 19.0. The predicted octanol–water partition coefficient (Wildman–Crippen LogP) is 18.4. The number of phenolic OH excluding ortho intramolecular Hbond substituents is 2. The summed E-state index contributed by atoms with van der Waals surface area (Å²) in [6.07, 6.45) is 24.1. The van der Waals surface area contributed by atoms with Crippen molar-refractivity contribution in [3.05, 3.63) is 130 Å². The molecule has 9 aliphatic rings. The number of phenols is 2. The molecule has 13 rings (SSSR count). The molecule has 0 unspecified atom stereocenters. The monoisotopic (exact) mass is 1080 g/mol. The average Bonchev–Trinajstić information content (AvgIpc) is 3.27. The molecule has 0 atom stereocenters. The number of rotatable bonds is 10. The molecule has 72 heavy (non-hydrogen) atoms. The Labute approximate surface area is 453 Å². The minimum atomic E-state index is -0.826. The van der Waals surface area contributed by atoms with Crippen molar-refractivity contribution < 1.29 is 35.6 Å². The first-order valence-corrected chi connectivity index (χ1v) is 34.0. The van der Waals surface area contributed by atoms with Crippen molar-refractivity contribution in [3.63, 3.8) is 0 Å². The summed E-state index contributed by atoms with van der Waals surface area (Å²) in [5.74, 6) is 5.61. The van der Waals surface area contributed by atoms with Gasteiger partial charge < -0.3 is 10.2 Å². The Bertz CT molecular complexity index is 2730. The number of hydrogen-bond donors (Lipinski definition) is 2. The fraction of sp³-hybridized carbons (Fsp3) is 0.545. The second-order valence-corrected chi connectivity index (χ2v) is 32.1. The number of halogens is 2. The number of benzene rings is 4. The summed E-state index contributed by atoms with van der Waals surface area (Å²) in [6, 6.07) is 28.1. The summed E-state index contributed by atoms with van der Waals surface area (Å²) in [6.45, 7) is 28.7. The summed E-state index contributed by atoms with van der Waals surface area (Å²) in [5.41, 5.74) is 12.3. The molecular formula is C66H83Cl2NO2Zr. The molecule has 0 spiro atoms. The first-order valence-electron chi connectivity index (χ1n) is 27.7. The van der Waals surface area contributed by atoms with Crippen LogP contribution < -0.4 is 0 Å². The average molecular weight is 1080 g/mol. The van der Waals surface area contributed by atoms with Crippen LogP contribution in [0.3, 0.4) is 0 Å². The van der Waals surface area contributed by atoms with Gasteiger partial charge >= 0.3 is 37.9 Å². The van der Waals surface area contributed by atoms with Crippen LogP contribution in [-0.2, 0) is 42.5 Å². The Morgan fingerprint density at radius 3 is 1.32 bits per heavy atom. The molecule has 8 aliphatic carbocycles. The number of allylic oxidation sites excluding steroid dienone is 2. The van der Waals surface area contributed by atoms with Crippen molar-refractivity contribution in [3.8, 4) is 33.8 Å². The molecule has 8 fully saturated rings. The van der Waals surface area contributed by atoms with Crippen molar-refractivity contribution in [1.29, 1.82) is 0 Å². The Hall–Kier alpha value is -3.04.